The number of unbranched alkanes of at least 4 members (excludes halogenated alkanes) is 5. The average molecular weight is 557 g/mol. The zero-order chi connectivity index (χ0) is 28.8. The van der Waals surface area contributed by atoms with Gasteiger partial charge in [0.25, 0.3) is 0 Å². The highest BCUT2D eigenvalue weighted by molar-refractivity contribution is 5.69. The maximum Gasteiger partial charge on any atom is 0.306 e. The molecule has 0 aromatic carbocycles. The first-order valence-electron chi connectivity index (χ1n) is 14.6. The second kappa shape index (κ2) is 14.6. The Kier molecular flexibility index (Phi) is 13.4. The summed E-state index contributed by atoms with van der Waals surface area (Å²) in [5.41, 5.74) is -0.767. The van der Waals surface area contributed by atoms with Crippen molar-refractivity contribution in [3.63, 3.8) is 0 Å². The number of piperidine rings is 2. The van der Waals surface area contributed by atoms with E-state index in [1.54, 1.807) is 14.2 Å². The molecule has 0 spiro atoms. The summed E-state index contributed by atoms with van der Waals surface area (Å²) in [6.07, 6.45) is 9.64. The highest BCUT2D eigenvalue weighted by Crippen LogP contribution is 2.40. The van der Waals surface area contributed by atoms with Crippen LogP contribution in [0.3, 0.4) is 0 Å². The van der Waals surface area contributed by atoms with Crippen molar-refractivity contribution in [2.75, 3.05) is 14.2 Å². The van der Waals surface area contributed by atoms with Crippen molar-refractivity contribution in [3.05, 3.63) is 0 Å². The Balaban J connectivity index is 0.00000760. The number of esters is 2. The molecule has 0 unspecified atom stereocenters. The summed E-state index contributed by atoms with van der Waals surface area (Å²) in [5.74, 6) is -0.198. The average Bonchev–Trinajstić information content (AvgIpc) is 2.72. The van der Waals surface area contributed by atoms with Gasteiger partial charge in [-0.1, -0.05) is 33.1 Å². The van der Waals surface area contributed by atoms with E-state index in [2.05, 4.69) is 55.4 Å². The lowest BCUT2D eigenvalue weighted by Crippen LogP contribution is -2.61. The lowest BCUT2D eigenvalue weighted by molar-refractivity contribution is -0.278. The van der Waals surface area contributed by atoms with Gasteiger partial charge in [-0.3, -0.25) is 9.59 Å². The van der Waals surface area contributed by atoms with Gasteiger partial charge < -0.3 is 19.1 Å². The van der Waals surface area contributed by atoms with Crippen LogP contribution in [-0.2, 0) is 28.7 Å². The topological polar surface area (TPSA) is 77.5 Å². The first-order chi connectivity index (χ1) is 17.5. The van der Waals surface area contributed by atoms with E-state index >= 15 is 0 Å². The Morgan fingerprint density at radius 2 is 0.821 bits per heavy atom. The highest BCUT2D eigenvalue weighted by Gasteiger charge is 2.48. The molecule has 39 heavy (non-hydrogen) atoms. The SMILES string of the molecule is C.CON1C(C)(C)CC(OC(=O)CCCCCCCCC(=O)OC2CC(C)(C)N(OC)C(C)(C)C2)CC1(C)C. The zero-order valence-electron chi connectivity index (χ0n) is 26.0. The Labute approximate surface area is 239 Å². The first-order valence-corrected chi connectivity index (χ1v) is 14.6. The van der Waals surface area contributed by atoms with Crippen LogP contribution in [0.25, 0.3) is 0 Å². The maximum atomic E-state index is 12.4. The molecule has 0 atom stereocenters. The van der Waals surface area contributed by atoms with E-state index in [9.17, 15) is 9.59 Å². The number of nitrogens with zero attached hydrogens (tertiary/aromatic N) is 2. The Bertz CT molecular complexity index is 679. The lowest BCUT2D eigenvalue weighted by atomic mass is 9.80. The predicted octanol–water partition coefficient (Wildman–Crippen LogP) is 7.00. The van der Waals surface area contributed by atoms with Crippen LogP contribution < -0.4 is 0 Å². The quantitative estimate of drug-likeness (QED) is 0.177. The fraction of sp³-hybridized carbons (Fsp3) is 0.935. The molecule has 230 valence electrons. The first kappa shape index (κ1) is 35.8. The normalized spacial score (nSPS) is 23.1. The van der Waals surface area contributed by atoms with Crippen molar-refractivity contribution >= 4 is 11.9 Å². The monoisotopic (exact) mass is 556 g/mol. The van der Waals surface area contributed by atoms with Crippen LogP contribution in [0.4, 0.5) is 0 Å². The van der Waals surface area contributed by atoms with Gasteiger partial charge in [0.2, 0.25) is 0 Å². The van der Waals surface area contributed by atoms with Crippen LogP contribution in [0, 0.1) is 0 Å². The maximum absolute atomic E-state index is 12.4. The van der Waals surface area contributed by atoms with Gasteiger partial charge in [-0.15, -0.1) is 0 Å². The minimum atomic E-state index is -0.192. The minimum absolute atomic E-state index is 0. The van der Waals surface area contributed by atoms with Gasteiger partial charge >= 0.3 is 11.9 Å². The predicted molar refractivity (Wildman–Crippen MR) is 156 cm³/mol. The largest absolute Gasteiger partial charge is 0.462 e. The van der Waals surface area contributed by atoms with Gasteiger partial charge in [-0.2, -0.15) is 10.1 Å². The molecule has 0 N–H and O–H groups in total. The van der Waals surface area contributed by atoms with E-state index in [-0.39, 0.29) is 53.7 Å². The molecule has 0 aromatic rings. The Morgan fingerprint density at radius 1 is 0.564 bits per heavy atom. The fourth-order valence-electron chi connectivity index (χ4n) is 7.23. The second-order valence-electron chi connectivity index (χ2n) is 13.9. The van der Waals surface area contributed by atoms with E-state index in [1.165, 1.54) is 0 Å². The summed E-state index contributed by atoms with van der Waals surface area (Å²) in [5, 5.41) is 4.05. The summed E-state index contributed by atoms with van der Waals surface area (Å²) < 4.78 is 11.7. The van der Waals surface area contributed by atoms with Crippen molar-refractivity contribution < 1.29 is 28.7 Å². The minimum Gasteiger partial charge on any atom is -0.462 e. The molecular formula is C31H60N2O6. The smallest absolute Gasteiger partial charge is 0.306 e. The summed E-state index contributed by atoms with van der Waals surface area (Å²) >= 11 is 0. The Hall–Kier alpha value is -1.22. The van der Waals surface area contributed by atoms with Gasteiger partial charge in [-0.05, 0) is 68.2 Å². The molecule has 2 aliphatic heterocycles. The molecule has 8 heteroatoms. The van der Waals surface area contributed by atoms with E-state index in [0.717, 1.165) is 64.2 Å². The molecule has 2 aliphatic rings. The second-order valence-corrected chi connectivity index (χ2v) is 13.9. The van der Waals surface area contributed by atoms with Crippen LogP contribution in [0.1, 0.15) is 140 Å². The highest BCUT2D eigenvalue weighted by atomic mass is 16.7. The molecule has 0 radical (unpaired) electrons. The third kappa shape index (κ3) is 10.3. The van der Waals surface area contributed by atoms with E-state index in [0.29, 0.717) is 12.8 Å². The van der Waals surface area contributed by atoms with Crippen LogP contribution in [-0.4, -0.2) is 70.6 Å². The summed E-state index contributed by atoms with van der Waals surface area (Å²) in [6, 6.07) is 0. The molecule has 0 aliphatic carbocycles. The Morgan fingerprint density at radius 3 is 1.08 bits per heavy atom. The molecule has 2 rings (SSSR count). The molecule has 0 amide bonds. The van der Waals surface area contributed by atoms with Crippen LogP contribution in [0.15, 0.2) is 0 Å². The zero-order valence-corrected chi connectivity index (χ0v) is 26.0. The van der Waals surface area contributed by atoms with Crippen LogP contribution in [0.2, 0.25) is 0 Å². The third-order valence-electron chi connectivity index (χ3n) is 8.08. The molecule has 0 bridgehead atoms. The number of ether oxygens (including phenoxy) is 2. The molecule has 2 heterocycles. The molecule has 2 fully saturated rings. The van der Waals surface area contributed by atoms with Crippen molar-refractivity contribution in [1.82, 2.24) is 10.1 Å². The van der Waals surface area contributed by atoms with Crippen LogP contribution in [0.5, 0.6) is 0 Å². The van der Waals surface area contributed by atoms with Gasteiger partial charge in [0.15, 0.2) is 0 Å². The molecule has 0 saturated carbocycles. The number of hydrogen-bond donors (Lipinski definition) is 0. The van der Waals surface area contributed by atoms with Crippen LogP contribution >= 0.6 is 0 Å². The van der Waals surface area contributed by atoms with Gasteiger partial charge in [0.05, 0.1) is 14.2 Å². The van der Waals surface area contributed by atoms with Gasteiger partial charge in [0, 0.05) is 60.7 Å². The standard InChI is InChI=1S/C30H56N2O6.CH4/c1-27(2)19-23(20-28(3,4)31(27)35-9)37-25(33)17-15-13-11-12-14-16-18-26(34)38-24-21-29(5,6)32(36-10)30(7,8)22-24;/h23-24H,11-22H2,1-10H3;1H4. The van der Waals surface area contributed by atoms with Gasteiger partial charge in [-0.25, -0.2) is 0 Å². The number of hydroxylamine groups is 4. The third-order valence-corrected chi connectivity index (χ3v) is 8.08. The summed E-state index contributed by atoms with van der Waals surface area (Å²) in [6.45, 7) is 17.0. The van der Waals surface area contributed by atoms with E-state index < -0.39 is 0 Å². The number of carbonyl (C=O) groups excluding carboxylic acids is 2. The van der Waals surface area contributed by atoms with E-state index in [1.807, 2.05) is 10.1 Å². The summed E-state index contributed by atoms with van der Waals surface area (Å²) in [7, 11) is 3.41. The van der Waals surface area contributed by atoms with Gasteiger partial charge in [0.1, 0.15) is 12.2 Å². The molecule has 0 aromatic heterocycles. The molecular weight excluding hydrogens is 496 g/mol. The molecule has 2 saturated heterocycles. The summed E-state index contributed by atoms with van der Waals surface area (Å²) in [4.78, 5) is 36.1. The molecule has 8 nitrogen and oxygen atoms in total. The number of rotatable bonds is 13. The number of carbonyl (C=O) groups is 2. The fourth-order valence-corrected chi connectivity index (χ4v) is 7.23. The van der Waals surface area contributed by atoms with E-state index in [4.69, 9.17) is 19.1 Å². The van der Waals surface area contributed by atoms with Crippen molar-refractivity contribution in [1.29, 1.82) is 0 Å². The number of hydrogen-bond acceptors (Lipinski definition) is 8. The van der Waals surface area contributed by atoms with Crippen molar-refractivity contribution in [3.8, 4) is 0 Å². The van der Waals surface area contributed by atoms with Crippen molar-refractivity contribution in [2.45, 2.75) is 174 Å². The van der Waals surface area contributed by atoms with Crippen molar-refractivity contribution in [2.24, 2.45) is 0 Å². The lowest BCUT2D eigenvalue weighted by Gasteiger charge is -2.52.